The lowest BCUT2D eigenvalue weighted by atomic mass is 9.88. The number of halogens is 1. The topological polar surface area (TPSA) is 56.1 Å². The molecule has 2 unspecified atom stereocenters. The Balaban J connectivity index is 1.47. The third-order valence-corrected chi connectivity index (χ3v) is 4.90. The van der Waals surface area contributed by atoms with E-state index in [0.29, 0.717) is 35.8 Å². The number of carbonyl (C=O) groups excluding carboxylic acids is 1. The number of nitrogens with one attached hydrogen (secondary N) is 1. The summed E-state index contributed by atoms with van der Waals surface area (Å²) in [6.45, 7) is 3.29. The van der Waals surface area contributed by atoms with Gasteiger partial charge >= 0.3 is 0 Å². The molecule has 1 aromatic heterocycles. The van der Waals surface area contributed by atoms with Gasteiger partial charge in [0.25, 0.3) is 5.91 Å². The summed E-state index contributed by atoms with van der Waals surface area (Å²) in [6, 6.07) is 7.34. The fourth-order valence-corrected chi connectivity index (χ4v) is 3.39. The number of aromatic nitrogens is 2. The molecule has 2 atom stereocenters. The minimum Gasteiger partial charge on any atom is -0.376 e. The van der Waals surface area contributed by atoms with Crippen molar-refractivity contribution in [2.24, 2.45) is 5.92 Å². The number of nitrogens with zero attached hydrogens (tertiary/aromatic N) is 2. The standard InChI is InChI=1S/C19H24ClN3O2/c1-14-5-2-3-8-18(14)25-10-9-21-19(24)15-12-22-23(13-15)17-7-4-6-16(20)11-17/h4,6-7,11-14,18H,2-3,5,8-10H2,1H3,(H,21,24). The molecular weight excluding hydrogens is 338 g/mol. The molecule has 1 heterocycles. The van der Waals surface area contributed by atoms with Crippen molar-refractivity contribution in [3.63, 3.8) is 0 Å². The van der Waals surface area contributed by atoms with E-state index in [4.69, 9.17) is 16.3 Å². The van der Waals surface area contributed by atoms with Crippen molar-refractivity contribution in [3.05, 3.63) is 47.2 Å². The second-order valence-corrected chi connectivity index (χ2v) is 7.02. The Kier molecular flexibility index (Phi) is 6.10. The summed E-state index contributed by atoms with van der Waals surface area (Å²) in [7, 11) is 0. The zero-order valence-electron chi connectivity index (χ0n) is 14.5. The van der Waals surface area contributed by atoms with E-state index in [9.17, 15) is 4.79 Å². The van der Waals surface area contributed by atoms with E-state index in [-0.39, 0.29) is 5.91 Å². The maximum atomic E-state index is 12.2. The number of hydrogen-bond donors (Lipinski definition) is 1. The quantitative estimate of drug-likeness (QED) is 0.795. The third-order valence-electron chi connectivity index (χ3n) is 4.67. The predicted octanol–water partition coefficient (Wildman–Crippen LogP) is 3.85. The molecule has 0 radical (unpaired) electrons. The molecule has 0 bridgehead atoms. The van der Waals surface area contributed by atoms with Crippen LogP contribution in [0.1, 0.15) is 43.0 Å². The van der Waals surface area contributed by atoms with E-state index < -0.39 is 0 Å². The highest BCUT2D eigenvalue weighted by molar-refractivity contribution is 6.30. The van der Waals surface area contributed by atoms with Crippen LogP contribution in [-0.4, -0.2) is 34.9 Å². The van der Waals surface area contributed by atoms with Gasteiger partial charge in [0, 0.05) is 17.8 Å². The van der Waals surface area contributed by atoms with Crippen LogP contribution in [0.2, 0.25) is 5.02 Å². The highest BCUT2D eigenvalue weighted by atomic mass is 35.5. The molecule has 25 heavy (non-hydrogen) atoms. The summed E-state index contributed by atoms with van der Waals surface area (Å²) in [6.07, 6.45) is 8.49. The lowest BCUT2D eigenvalue weighted by Crippen LogP contribution is -2.31. The molecular formula is C19H24ClN3O2. The molecule has 0 aliphatic heterocycles. The molecule has 0 spiro atoms. The highest BCUT2D eigenvalue weighted by Gasteiger charge is 2.21. The van der Waals surface area contributed by atoms with Crippen molar-refractivity contribution in [3.8, 4) is 5.69 Å². The van der Waals surface area contributed by atoms with Crippen molar-refractivity contribution in [2.45, 2.75) is 38.7 Å². The molecule has 2 aromatic rings. The SMILES string of the molecule is CC1CCCCC1OCCNC(=O)c1cnn(-c2cccc(Cl)c2)c1. The van der Waals surface area contributed by atoms with Crippen LogP contribution in [0.5, 0.6) is 0 Å². The van der Waals surface area contributed by atoms with Crippen LogP contribution in [0, 0.1) is 5.92 Å². The van der Waals surface area contributed by atoms with Crippen molar-refractivity contribution in [1.82, 2.24) is 15.1 Å². The fourth-order valence-electron chi connectivity index (χ4n) is 3.21. The maximum absolute atomic E-state index is 12.2. The second-order valence-electron chi connectivity index (χ2n) is 6.58. The van der Waals surface area contributed by atoms with Crippen molar-refractivity contribution >= 4 is 17.5 Å². The van der Waals surface area contributed by atoms with Gasteiger partial charge in [-0.1, -0.05) is 37.4 Å². The summed E-state index contributed by atoms with van der Waals surface area (Å²) in [4.78, 5) is 12.2. The predicted molar refractivity (Wildman–Crippen MR) is 98.3 cm³/mol. The van der Waals surface area contributed by atoms with Crippen LogP contribution < -0.4 is 5.32 Å². The molecule has 0 saturated heterocycles. The number of carbonyl (C=O) groups is 1. The number of hydrogen-bond acceptors (Lipinski definition) is 3. The first kappa shape index (κ1) is 18.0. The molecule has 1 N–H and O–H groups in total. The van der Waals surface area contributed by atoms with Gasteiger partial charge in [-0.05, 0) is 37.0 Å². The van der Waals surface area contributed by atoms with E-state index in [1.54, 1.807) is 29.2 Å². The van der Waals surface area contributed by atoms with Crippen LogP contribution >= 0.6 is 11.6 Å². The smallest absolute Gasteiger partial charge is 0.254 e. The summed E-state index contributed by atoms with van der Waals surface area (Å²) < 4.78 is 7.56. The second kappa shape index (κ2) is 8.50. The van der Waals surface area contributed by atoms with Gasteiger partial charge in [0.15, 0.2) is 0 Å². The average Bonchev–Trinajstić information content (AvgIpc) is 3.10. The fraction of sp³-hybridized carbons (Fsp3) is 0.474. The van der Waals surface area contributed by atoms with Gasteiger partial charge in [-0.15, -0.1) is 0 Å². The van der Waals surface area contributed by atoms with Crippen LogP contribution in [0.25, 0.3) is 5.69 Å². The molecule has 1 fully saturated rings. The highest BCUT2D eigenvalue weighted by Crippen LogP contribution is 2.26. The molecule has 1 amide bonds. The Morgan fingerprint density at radius 2 is 2.24 bits per heavy atom. The van der Waals surface area contributed by atoms with E-state index in [1.807, 2.05) is 12.1 Å². The van der Waals surface area contributed by atoms with Crippen LogP contribution in [-0.2, 0) is 4.74 Å². The molecule has 1 aliphatic rings. The Morgan fingerprint density at radius 1 is 1.40 bits per heavy atom. The summed E-state index contributed by atoms with van der Waals surface area (Å²) in [5.74, 6) is 0.467. The first-order chi connectivity index (χ1) is 12.1. The normalized spacial score (nSPS) is 20.4. The van der Waals surface area contributed by atoms with Gasteiger partial charge in [0.1, 0.15) is 0 Å². The molecule has 1 aliphatic carbocycles. The summed E-state index contributed by atoms with van der Waals surface area (Å²) in [5.41, 5.74) is 1.34. The zero-order valence-corrected chi connectivity index (χ0v) is 15.2. The number of benzene rings is 1. The van der Waals surface area contributed by atoms with Gasteiger partial charge in [-0.25, -0.2) is 4.68 Å². The van der Waals surface area contributed by atoms with E-state index >= 15 is 0 Å². The first-order valence-electron chi connectivity index (χ1n) is 8.84. The van der Waals surface area contributed by atoms with Gasteiger partial charge in [0.05, 0.1) is 30.2 Å². The lowest BCUT2D eigenvalue weighted by molar-refractivity contribution is -0.00293. The third kappa shape index (κ3) is 4.83. The molecule has 3 rings (SSSR count). The maximum Gasteiger partial charge on any atom is 0.254 e. The monoisotopic (exact) mass is 361 g/mol. The first-order valence-corrected chi connectivity index (χ1v) is 9.21. The summed E-state index contributed by atoms with van der Waals surface area (Å²) >= 11 is 5.99. The minimum atomic E-state index is -0.145. The van der Waals surface area contributed by atoms with Gasteiger partial charge in [0.2, 0.25) is 0 Å². The van der Waals surface area contributed by atoms with Crippen LogP contribution in [0.4, 0.5) is 0 Å². The van der Waals surface area contributed by atoms with Gasteiger partial charge < -0.3 is 10.1 Å². The Morgan fingerprint density at radius 3 is 3.04 bits per heavy atom. The Bertz CT molecular complexity index is 716. The zero-order chi connectivity index (χ0) is 17.6. The molecule has 1 aromatic carbocycles. The van der Waals surface area contributed by atoms with Gasteiger partial charge in [-0.2, -0.15) is 5.10 Å². The van der Waals surface area contributed by atoms with E-state index in [2.05, 4.69) is 17.3 Å². The number of amides is 1. The molecule has 134 valence electrons. The Labute approximate surface area is 153 Å². The average molecular weight is 362 g/mol. The van der Waals surface area contributed by atoms with E-state index in [0.717, 1.165) is 12.1 Å². The lowest BCUT2D eigenvalue weighted by Gasteiger charge is -2.28. The summed E-state index contributed by atoms with van der Waals surface area (Å²) in [5, 5.41) is 7.74. The largest absolute Gasteiger partial charge is 0.376 e. The van der Waals surface area contributed by atoms with Crippen LogP contribution in [0.3, 0.4) is 0 Å². The van der Waals surface area contributed by atoms with Gasteiger partial charge in [-0.3, -0.25) is 4.79 Å². The number of ether oxygens (including phenoxy) is 1. The van der Waals surface area contributed by atoms with E-state index in [1.165, 1.54) is 19.3 Å². The van der Waals surface area contributed by atoms with Crippen molar-refractivity contribution in [2.75, 3.05) is 13.2 Å². The minimum absolute atomic E-state index is 0.145. The number of rotatable bonds is 6. The van der Waals surface area contributed by atoms with Crippen LogP contribution in [0.15, 0.2) is 36.7 Å². The molecule has 5 nitrogen and oxygen atoms in total. The van der Waals surface area contributed by atoms with Crippen molar-refractivity contribution < 1.29 is 9.53 Å². The van der Waals surface area contributed by atoms with Crippen molar-refractivity contribution in [1.29, 1.82) is 0 Å². The Hall–Kier alpha value is -1.85. The molecule has 6 heteroatoms. The molecule has 1 saturated carbocycles.